The second kappa shape index (κ2) is 8.63. The van der Waals surface area contributed by atoms with E-state index in [9.17, 15) is 17.6 Å². The third kappa shape index (κ3) is 4.93. The number of sulfonamides is 1. The molecule has 2 N–H and O–H groups in total. The van der Waals surface area contributed by atoms with Gasteiger partial charge in [-0.15, -0.1) is 0 Å². The molecule has 0 fully saturated rings. The van der Waals surface area contributed by atoms with Gasteiger partial charge in [-0.2, -0.15) is 0 Å². The maximum atomic E-state index is 13.1. The average molecular weight is 433 g/mol. The van der Waals surface area contributed by atoms with Crippen LogP contribution >= 0.6 is 11.6 Å². The predicted molar refractivity (Wildman–Crippen MR) is 112 cm³/mol. The molecule has 0 aliphatic carbocycles. The smallest absolute Gasteiger partial charge is 0.261 e. The molecule has 8 heteroatoms. The van der Waals surface area contributed by atoms with Crippen molar-refractivity contribution in [2.45, 2.75) is 18.2 Å². The number of hydrogen-bond acceptors (Lipinski definition) is 3. The molecule has 0 radical (unpaired) electrons. The zero-order valence-corrected chi connectivity index (χ0v) is 17.0. The second-order valence-electron chi connectivity index (χ2n) is 6.22. The topological polar surface area (TPSA) is 75.3 Å². The van der Waals surface area contributed by atoms with Crippen LogP contribution in [0, 0.1) is 5.82 Å². The number of nitrogens with one attached hydrogen (secondary N) is 2. The third-order valence-corrected chi connectivity index (χ3v) is 5.95. The van der Waals surface area contributed by atoms with E-state index in [4.69, 9.17) is 11.6 Å². The van der Waals surface area contributed by atoms with E-state index in [0.29, 0.717) is 5.69 Å². The number of benzene rings is 3. The number of carbonyl (C=O) groups excluding carboxylic acids is 1. The largest absolute Gasteiger partial charge is 0.322 e. The molecule has 29 heavy (non-hydrogen) atoms. The molecule has 0 saturated carbocycles. The number of carbonyl (C=O) groups is 1. The molecule has 3 aromatic rings. The van der Waals surface area contributed by atoms with Crippen molar-refractivity contribution >= 4 is 38.9 Å². The van der Waals surface area contributed by atoms with Gasteiger partial charge in [0.25, 0.3) is 15.9 Å². The van der Waals surface area contributed by atoms with Crippen LogP contribution in [0.2, 0.25) is 5.02 Å². The Kier molecular flexibility index (Phi) is 6.20. The van der Waals surface area contributed by atoms with Gasteiger partial charge in [-0.05, 0) is 60.5 Å². The first kappa shape index (κ1) is 20.8. The predicted octanol–water partition coefficient (Wildman–Crippen LogP) is 5.09. The molecule has 3 aromatic carbocycles. The van der Waals surface area contributed by atoms with Crippen molar-refractivity contribution in [2.75, 3.05) is 10.0 Å². The standard InChI is InChI=1S/C21H18ClFN2O3S/c1-2-14-5-3-4-6-19(14)24-21(26)15-7-12-18(22)20(13-15)25-29(27,28)17-10-8-16(23)9-11-17/h3-13,25H,2H2,1H3,(H,24,26). The quantitative estimate of drug-likeness (QED) is 0.569. The Morgan fingerprint density at radius 2 is 1.69 bits per heavy atom. The Bertz CT molecular complexity index is 1150. The number of rotatable bonds is 6. The molecule has 0 spiro atoms. The van der Waals surface area contributed by atoms with Crippen molar-refractivity contribution in [1.82, 2.24) is 0 Å². The van der Waals surface area contributed by atoms with E-state index in [2.05, 4.69) is 10.0 Å². The summed E-state index contributed by atoms with van der Waals surface area (Å²) >= 11 is 6.11. The molecular weight excluding hydrogens is 415 g/mol. The van der Waals surface area contributed by atoms with Crippen molar-refractivity contribution in [2.24, 2.45) is 0 Å². The molecule has 0 unspecified atom stereocenters. The molecular formula is C21H18ClFN2O3S. The van der Waals surface area contributed by atoms with Crippen LogP contribution in [0.25, 0.3) is 0 Å². The van der Waals surface area contributed by atoms with Gasteiger partial charge in [0.1, 0.15) is 5.82 Å². The van der Waals surface area contributed by atoms with E-state index in [1.807, 2.05) is 25.1 Å². The summed E-state index contributed by atoms with van der Waals surface area (Å²) in [6.07, 6.45) is 0.750. The van der Waals surface area contributed by atoms with Gasteiger partial charge in [-0.25, -0.2) is 12.8 Å². The zero-order valence-electron chi connectivity index (χ0n) is 15.4. The van der Waals surface area contributed by atoms with Gasteiger partial charge < -0.3 is 5.32 Å². The minimum absolute atomic E-state index is 0.0485. The molecule has 0 saturated heterocycles. The van der Waals surface area contributed by atoms with E-state index in [1.54, 1.807) is 6.07 Å². The Hall–Kier alpha value is -2.90. The van der Waals surface area contributed by atoms with Crippen molar-refractivity contribution in [3.8, 4) is 0 Å². The number of amides is 1. The highest BCUT2D eigenvalue weighted by Gasteiger charge is 2.18. The fourth-order valence-corrected chi connectivity index (χ4v) is 4.00. The van der Waals surface area contributed by atoms with Gasteiger partial charge >= 0.3 is 0 Å². The second-order valence-corrected chi connectivity index (χ2v) is 8.31. The SMILES string of the molecule is CCc1ccccc1NC(=O)c1ccc(Cl)c(NS(=O)(=O)c2ccc(F)cc2)c1. The van der Waals surface area contributed by atoms with E-state index in [0.717, 1.165) is 36.2 Å². The number of aryl methyl sites for hydroxylation is 1. The number of anilines is 2. The molecule has 0 aliphatic heterocycles. The number of halogens is 2. The molecule has 1 amide bonds. The first-order chi connectivity index (χ1) is 13.8. The van der Waals surface area contributed by atoms with Gasteiger partial charge in [-0.3, -0.25) is 9.52 Å². The first-order valence-electron chi connectivity index (χ1n) is 8.77. The minimum Gasteiger partial charge on any atom is -0.322 e. The van der Waals surface area contributed by atoms with Crippen LogP contribution in [0.5, 0.6) is 0 Å². The molecule has 0 bridgehead atoms. The summed E-state index contributed by atoms with van der Waals surface area (Å²) in [5.41, 5.74) is 1.94. The summed E-state index contributed by atoms with van der Waals surface area (Å²) < 4.78 is 40.5. The highest BCUT2D eigenvalue weighted by molar-refractivity contribution is 7.92. The molecule has 5 nitrogen and oxygen atoms in total. The summed E-state index contributed by atoms with van der Waals surface area (Å²) in [4.78, 5) is 12.5. The highest BCUT2D eigenvalue weighted by atomic mass is 35.5. The van der Waals surface area contributed by atoms with Crippen LogP contribution < -0.4 is 10.0 Å². The Balaban J connectivity index is 1.86. The molecule has 0 aliphatic rings. The van der Waals surface area contributed by atoms with Gasteiger partial charge in [0.15, 0.2) is 0 Å². The lowest BCUT2D eigenvalue weighted by atomic mass is 10.1. The average Bonchev–Trinajstić information content (AvgIpc) is 2.70. The monoisotopic (exact) mass is 432 g/mol. The van der Waals surface area contributed by atoms with Crippen molar-refractivity contribution in [3.05, 3.63) is 88.7 Å². The zero-order chi connectivity index (χ0) is 21.0. The van der Waals surface area contributed by atoms with E-state index in [1.165, 1.54) is 18.2 Å². The summed E-state index contributed by atoms with van der Waals surface area (Å²) in [6, 6.07) is 16.1. The van der Waals surface area contributed by atoms with Gasteiger partial charge in [0.2, 0.25) is 0 Å². The third-order valence-electron chi connectivity index (χ3n) is 4.24. The first-order valence-corrected chi connectivity index (χ1v) is 10.6. The number of para-hydroxylation sites is 1. The lowest BCUT2D eigenvalue weighted by molar-refractivity contribution is 0.102. The molecule has 3 rings (SSSR count). The number of hydrogen-bond donors (Lipinski definition) is 2. The maximum absolute atomic E-state index is 13.1. The van der Waals surface area contributed by atoms with Gasteiger partial charge in [-0.1, -0.05) is 36.7 Å². The fourth-order valence-electron chi connectivity index (χ4n) is 2.71. The normalized spacial score (nSPS) is 11.1. The fraction of sp³-hybridized carbons (Fsp3) is 0.0952. The van der Waals surface area contributed by atoms with Gasteiger partial charge in [0.05, 0.1) is 15.6 Å². The van der Waals surface area contributed by atoms with Crippen molar-refractivity contribution in [1.29, 1.82) is 0 Å². The van der Waals surface area contributed by atoms with Crippen molar-refractivity contribution in [3.63, 3.8) is 0 Å². The highest BCUT2D eigenvalue weighted by Crippen LogP contribution is 2.27. The Labute approximate surface area is 173 Å². The van der Waals surface area contributed by atoms with Crippen LogP contribution in [-0.2, 0) is 16.4 Å². The maximum Gasteiger partial charge on any atom is 0.261 e. The van der Waals surface area contributed by atoms with Crippen LogP contribution in [-0.4, -0.2) is 14.3 Å². The lowest BCUT2D eigenvalue weighted by Crippen LogP contribution is -2.16. The van der Waals surface area contributed by atoms with Crippen molar-refractivity contribution < 1.29 is 17.6 Å². The van der Waals surface area contributed by atoms with Crippen LogP contribution in [0.1, 0.15) is 22.8 Å². The van der Waals surface area contributed by atoms with E-state index < -0.39 is 21.7 Å². The van der Waals surface area contributed by atoms with Crippen LogP contribution in [0.4, 0.5) is 15.8 Å². The van der Waals surface area contributed by atoms with E-state index >= 15 is 0 Å². The molecule has 0 aromatic heterocycles. The summed E-state index contributed by atoms with van der Waals surface area (Å²) in [7, 11) is -4.00. The molecule has 0 heterocycles. The Morgan fingerprint density at radius 3 is 2.38 bits per heavy atom. The molecule has 0 atom stereocenters. The van der Waals surface area contributed by atoms with Crippen LogP contribution in [0.3, 0.4) is 0 Å². The Morgan fingerprint density at radius 1 is 1.00 bits per heavy atom. The lowest BCUT2D eigenvalue weighted by Gasteiger charge is -2.13. The summed E-state index contributed by atoms with van der Waals surface area (Å²) in [6.45, 7) is 1.98. The van der Waals surface area contributed by atoms with Crippen LogP contribution in [0.15, 0.2) is 71.6 Å². The molecule has 150 valence electrons. The summed E-state index contributed by atoms with van der Waals surface area (Å²) in [5.74, 6) is -0.946. The van der Waals surface area contributed by atoms with E-state index in [-0.39, 0.29) is 21.2 Å². The summed E-state index contributed by atoms with van der Waals surface area (Å²) in [5, 5.41) is 2.95. The minimum atomic E-state index is -4.00. The van der Waals surface area contributed by atoms with Gasteiger partial charge in [0, 0.05) is 11.3 Å².